The predicted molar refractivity (Wildman–Crippen MR) is 85.2 cm³/mol. The Morgan fingerprint density at radius 1 is 0.810 bits per heavy atom. The number of aryl methyl sites for hydroxylation is 1. The lowest BCUT2D eigenvalue weighted by Crippen LogP contribution is -1.97. The second kappa shape index (κ2) is 6.23. The molecule has 3 aromatic rings. The van der Waals surface area contributed by atoms with Gasteiger partial charge in [-0.3, -0.25) is 0 Å². The third-order valence-corrected chi connectivity index (χ3v) is 3.30. The highest BCUT2D eigenvalue weighted by atomic mass is 16.5. The molecule has 21 heavy (non-hydrogen) atoms. The lowest BCUT2D eigenvalue weighted by Gasteiger charge is -2.07. The molecule has 2 nitrogen and oxygen atoms in total. The SMILES string of the molecule is Cc1ccc(-c2cccc(OCc3ccccc3)n2)cc1. The van der Waals surface area contributed by atoms with Crippen molar-refractivity contribution in [3.8, 4) is 17.1 Å². The van der Waals surface area contributed by atoms with Crippen LogP contribution in [-0.2, 0) is 6.61 Å². The molecule has 0 atom stereocenters. The van der Waals surface area contributed by atoms with Crippen LogP contribution in [0.3, 0.4) is 0 Å². The maximum atomic E-state index is 5.77. The minimum atomic E-state index is 0.533. The van der Waals surface area contributed by atoms with E-state index in [2.05, 4.69) is 36.2 Å². The summed E-state index contributed by atoms with van der Waals surface area (Å²) in [5.41, 5.74) is 4.42. The maximum absolute atomic E-state index is 5.77. The van der Waals surface area contributed by atoms with Crippen molar-refractivity contribution < 1.29 is 4.74 Å². The minimum Gasteiger partial charge on any atom is -0.473 e. The summed E-state index contributed by atoms with van der Waals surface area (Å²) >= 11 is 0. The predicted octanol–water partition coefficient (Wildman–Crippen LogP) is 4.64. The quantitative estimate of drug-likeness (QED) is 0.692. The van der Waals surface area contributed by atoms with Crippen LogP contribution < -0.4 is 4.74 Å². The second-order valence-corrected chi connectivity index (χ2v) is 5.00. The fraction of sp³-hybridized carbons (Fsp3) is 0.105. The number of hydrogen-bond donors (Lipinski definition) is 0. The van der Waals surface area contributed by atoms with Gasteiger partial charge in [0.15, 0.2) is 0 Å². The van der Waals surface area contributed by atoms with Crippen molar-refractivity contribution in [2.75, 3.05) is 0 Å². The molecular weight excluding hydrogens is 258 g/mol. The van der Waals surface area contributed by atoms with E-state index in [1.54, 1.807) is 0 Å². The summed E-state index contributed by atoms with van der Waals surface area (Å²) < 4.78 is 5.77. The number of aromatic nitrogens is 1. The van der Waals surface area contributed by atoms with Gasteiger partial charge >= 0.3 is 0 Å². The Balaban J connectivity index is 1.75. The molecule has 2 heteroatoms. The third-order valence-electron chi connectivity index (χ3n) is 3.30. The first-order valence-corrected chi connectivity index (χ1v) is 7.02. The summed E-state index contributed by atoms with van der Waals surface area (Å²) in [7, 11) is 0. The van der Waals surface area contributed by atoms with E-state index in [-0.39, 0.29) is 0 Å². The van der Waals surface area contributed by atoms with E-state index >= 15 is 0 Å². The van der Waals surface area contributed by atoms with E-state index in [0.717, 1.165) is 16.8 Å². The van der Waals surface area contributed by atoms with Crippen molar-refractivity contribution in [2.24, 2.45) is 0 Å². The minimum absolute atomic E-state index is 0.533. The average molecular weight is 275 g/mol. The van der Waals surface area contributed by atoms with E-state index in [4.69, 9.17) is 4.74 Å². The van der Waals surface area contributed by atoms with Crippen LogP contribution >= 0.6 is 0 Å². The summed E-state index contributed by atoms with van der Waals surface area (Å²) in [6.07, 6.45) is 0. The van der Waals surface area contributed by atoms with E-state index < -0.39 is 0 Å². The summed E-state index contributed by atoms with van der Waals surface area (Å²) in [5, 5.41) is 0. The van der Waals surface area contributed by atoms with E-state index in [1.165, 1.54) is 5.56 Å². The monoisotopic (exact) mass is 275 g/mol. The molecule has 0 amide bonds. The number of pyridine rings is 1. The van der Waals surface area contributed by atoms with Gasteiger partial charge in [-0.2, -0.15) is 0 Å². The van der Waals surface area contributed by atoms with Gasteiger partial charge in [0, 0.05) is 11.6 Å². The molecule has 0 saturated heterocycles. The summed E-state index contributed by atoms with van der Waals surface area (Å²) in [6, 6.07) is 24.3. The highest BCUT2D eigenvalue weighted by molar-refractivity contribution is 5.59. The number of hydrogen-bond acceptors (Lipinski definition) is 2. The van der Waals surface area contributed by atoms with Crippen molar-refractivity contribution in [3.05, 3.63) is 83.9 Å². The van der Waals surface area contributed by atoms with Gasteiger partial charge in [0.25, 0.3) is 0 Å². The number of nitrogens with zero attached hydrogens (tertiary/aromatic N) is 1. The van der Waals surface area contributed by atoms with Crippen LogP contribution in [0, 0.1) is 6.92 Å². The zero-order valence-electron chi connectivity index (χ0n) is 12.0. The number of rotatable bonds is 4. The fourth-order valence-corrected chi connectivity index (χ4v) is 2.11. The smallest absolute Gasteiger partial charge is 0.214 e. The van der Waals surface area contributed by atoms with Crippen LogP contribution in [0.1, 0.15) is 11.1 Å². The van der Waals surface area contributed by atoms with Crippen LogP contribution in [0.25, 0.3) is 11.3 Å². The molecule has 3 rings (SSSR count). The molecule has 1 aromatic heterocycles. The molecule has 0 aliphatic heterocycles. The van der Waals surface area contributed by atoms with Gasteiger partial charge in [-0.25, -0.2) is 4.98 Å². The number of ether oxygens (including phenoxy) is 1. The molecule has 0 aliphatic rings. The van der Waals surface area contributed by atoms with Crippen molar-refractivity contribution in [2.45, 2.75) is 13.5 Å². The van der Waals surface area contributed by atoms with Crippen molar-refractivity contribution in [1.82, 2.24) is 4.98 Å². The van der Waals surface area contributed by atoms with Crippen molar-refractivity contribution in [1.29, 1.82) is 0 Å². The van der Waals surface area contributed by atoms with Crippen LogP contribution in [0.15, 0.2) is 72.8 Å². The van der Waals surface area contributed by atoms with Gasteiger partial charge in [-0.15, -0.1) is 0 Å². The largest absolute Gasteiger partial charge is 0.473 e. The van der Waals surface area contributed by atoms with Crippen LogP contribution in [-0.4, -0.2) is 4.98 Å². The Labute approximate surface area is 125 Å². The number of benzene rings is 2. The highest BCUT2D eigenvalue weighted by Crippen LogP contribution is 2.20. The van der Waals surface area contributed by atoms with Gasteiger partial charge in [-0.1, -0.05) is 66.2 Å². The second-order valence-electron chi connectivity index (χ2n) is 5.00. The Hall–Kier alpha value is -2.61. The van der Waals surface area contributed by atoms with E-state index in [1.807, 2.05) is 48.5 Å². The van der Waals surface area contributed by atoms with Crippen molar-refractivity contribution in [3.63, 3.8) is 0 Å². The molecule has 1 heterocycles. The molecule has 0 unspecified atom stereocenters. The Morgan fingerprint density at radius 3 is 2.33 bits per heavy atom. The molecule has 104 valence electrons. The lowest BCUT2D eigenvalue weighted by molar-refractivity contribution is 0.294. The topological polar surface area (TPSA) is 22.1 Å². The van der Waals surface area contributed by atoms with E-state index in [0.29, 0.717) is 12.5 Å². The van der Waals surface area contributed by atoms with Crippen LogP contribution in [0.5, 0.6) is 5.88 Å². The zero-order valence-corrected chi connectivity index (χ0v) is 12.0. The molecule has 0 N–H and O–H groups in total. The third kappa shape index (κ3) is 3.48. The summed E-state index contributed by atoms with van der Waals surface area (Å²) in [6.45, 7) is 2.61. The van der Waals surface area contributed by atoms with Gasteiger partial charge in [-0.05, 0) is 18.6 Å². The molecular formula is C19H17NO. The molecule has 0 spiro atoms. The molecule has 2 aromatic carbocycles. The molecule has 0 aliphatic carbocycles. The van der Waals surface area contributed by atoms with Crippen LogP contribution in [0.4, 0.5) is 0 Å². The molecule has 0 radical (unpaired) electrons. The zero-order chi connectivity index (χ0) is 14.5. The molecule has 0 fully saturated rings. The van der Waals surface area contributed by atoms with Gasteiger partial charge < -0.3 is 4.74 Å². The maximum Gasteiger partial charge on any atom is 0.214 e. The van der Waals surface area contributed by atoms with Crippen LogP contribution in [0.2, 0.25) is 0 Å². The summed E-state index contributed by atoms with van der Waals surface area (Å²) in [4.78, 5) is 4.57. The molecule has 0 saturated carbocycles. The highest BCUT2D eigenvalue weighted by Gasteiger charge is 2.02. The summed E-state index contributed by atoms with van der Waals surface area (Å²) in [5.74, 6) is 0.650. The van der Waals surface area contributed by atoms with Gasteiger partial charge in [0.05, 0.1) is 5.69 Å². The Kier molecular flexibility index (Phi) is 3.97. The van der Waals surface area contributed by atoms with Crippen molar-refractivity contribution >= 4 is 0 Å². The standard InChI is InChI=1S/C19H17NO/c1-15-10-12-17(13-11-15)18-8-5-9-19(20-18)21-14-16-6-3-2-4-7-16/h2-13H,14H2,1H3. The lowest BCUT2D eigenvalue weighted by atomic mass is 10.1. The Bertz CT molecular complexity index is 705. The first kappa shape index (κ1) is 13.4. The van der Waals surface area contributed by atoms with E-state index in [9.17, 15) is 0 Å². The fourth-order valence-electron chi connectivity index (χ4n) is 2.11. The van der Waals surface area contributed by atoms with Gasteiger partial charge in [0.1, 0.15) is 6.61 Å². The Morgan fingerprint density at radius 2 is 1.57 bits per heavy atom. The normalized spacial score (nSPS) is 10.3. The van der Waals surface area contributed by atoms with Gasteiger partial charge in [0.2, 0.25) is 5.88 Å². The first-order chi connectivity index (χ1) is 10.3. The molecule has 0 bridgehead atoms. The first-order valence-electron chi connectivity index (χ1n) is 7.02. The average Bonchev–Trinajstić information content (AvgIpc) is 2.55.